The van der Waals surface area contributed by atoms with E-state index in [4.69, 9.17) is 9.72 Å². The molecule has 0 unspecified atom stereocenters. The fourth-order valence-electron chi connectivity index (χ4n) is 5.52. The van der Waals surface area contributed by atoms with E-state index < -0.39 is 0 Å². The van der Waals surface area contributed by atoms with Crippen LogP contribution in [0.3, 0.4) is 0 Å². The van der Waals surface area contributed by atoms with Crippen LogP contribution < -0.4 is 4.90 Å². The number of nitrogens with zero attached hydrogens (tertiary/aromatic N) is 7. The van der Waals surface area contributed by atoms with Gasteiger partial charge in [0, 0.05) is 45.3 Å². The zero-order valence-corrected chi connectivity index (χ0v) is 24.7. The molecule has 4 aromatic rings. The summed E-state index contributed by atoms with van der Waals surface area (Å²) in [6.45, 7) is 16.4. The van der Waals surface area contributed by atoms with Crippen LogP contribution in [0, 0.1) is 11.3 Å². The molecule has 9 heteroatoms. The Bertz CT molecular complexity index is 1390. The summed E-state index contributed by atoms with van der Waals surface area (Å²) in [5.41, 5.74) is 5.73. The molecule has 1 N–H and O–H groups in total. The predicted octanol–water partition coefficient (Wildman–Crippen LogP) is 5.25. The van der Waals surface area contributed by atoms with Crippen molar-refractivity contribution in [3.63, 3.8) is 0 Å². The first-order valence-electron chi connectivity index (χ1n) is 14.2. The Morgan fingerprint density at radius 3 is 2.52 bits per heavy atom. The number of aromatic amines is 1. The monoisotopic (exact) mass is 542 g/mol. The van der Waals surface area contributed by atoms with Crippen molar-refractivity contribution in [2.75, 3.05) is 38.4 Å². The number of ether oxygens (including phenoxy) is 1. The van der Waals surface area contributed by atoms with Gasteiger partial charge in [-0.15, -0.1) is 10.2 Å². The van der Waals surface area contributed by atoms with E-state index in [1.807, 2.05) is 6.07 Å². The molecule has 0 saturated carbocycles. The van der Waals surface area contributed by atoms with Crippen LogP contribution in [0.5, 0.6) is 0 Å². The van der Waals surface area contributed by atoms with Gasteiger partial charge in [-0.3, -0.25) is 4.90 Å². The highest BCUT2D eigenvalue weighted by Crippen LogP contribution is 2.34. The number of tetrazole rings is 1. The van der Waals surface area contributed by atoms with E-state index in [-0.39, 0.29) is 5.41 Å². The molecule has 0 aliphatic carbocycles. The Hall–Kier alpha value is -3.56. The number of aromatic nitrogens is 6. The van der Waals surface area contributed by atoms with Gasteiger partial charge < -0.3 is 14.2 Å². The van der Waals surface area contributed by atoms with E-state index in [0.717, 1.165) is 67.6 Å². The van der Waals surface area contributed by atoms with Crippen molar-refractivity contribution in [1.82, 2.24) is 35.1 Å². The highest BCUT2D eigenvalue weighted by molar-refractivity contribution is 5.80. The Balaban J connectivity index is 1.58. The molecule has 9 nitrogen and oxygen atoms in total. The molecule has 212 valence electrons. The van der Waals surface area contributed by atoms with Crippen molar-refractivity contribution >= 4 is 5.82 Å². The summed E-state index contributed by atoms with van der Waals surface area (Å²) in [5.74, 6) is 3.39. The summed E-state index contributed by atoms with van der Waals surface area (Å²) in [4.78, 5) is 10.2. The topological polar surface area (TPSA) is 88.0 Å². The molecule has 2 aromatic heterocycles. The second kappa shape index (κ2) is 11.9. The lowest BCUT2D eigenvalue weighted by Crippen LogP contribution is -2.45. The number of fused-ring (bicyclic) bond motifs is 1. The second-order valence-electron chi connectivity index (χ2n) is 12.4. The van der Waals surface area contributed by atoms with Crippen LogP contribution in [0.25, 0.3) is 22.5 Å². The molecule has 0 amide bonds. The van der Waals surface area contributed by atoms with Gasteiger partial charge in [-0.1, -0.05) is 77.1 Å². The number of hydrogen-bond donors (Lipinski definition) is 1. The molecular formula is C31H42N8O. The molecule has 0 atom stereocenters. The standard InChI is InChI=1S/C31H42N8O/c1-22(2)18-37-20-27-30(38(21-37)14-15-40-6)32-28(17-31(3,4)5)39(27)19-23-12-13-25(24-10-8-7-9-11-24)26(16-23)29-33-35-36-34-29/h7-13,16,22H,14-15,17-21H2,1-6H3,(H,33,34,35,36). The summed E-state index contributed by atoms with van der Waals surface area (Å²) in [6, 6.07) is 17.0. The largest absolute Gasteiger partial charge is 0.383 e. The maximum Gasteiger partial charge on any atom is 0.205 e. The molecule has 0 radical (unpaired) electrons. The molecule has 40 heavy (non-hydrogen) atoms. The number of anilines is 1. The molecular weight excluding hydrogens is 500 g/mol. The van der Waals surface area contributed by atoms with Crippen molar-refractivity contribution < 1.29 is 4.74 Å². The number of H-pyrrole nitrogens is 1. The molecule has 5 rings (SSSR count). The van der Waals surface area contributed by atoms with Gasteiger partial charge in [0.2, 0.25) is 5.82 Å². The van der Waals surface area contributed by atoms with Crippen molar-refractivity contribution in [2.45, 2.75) is 54.1 Å². The molecule has 1 aliphatic heterocycles. The van der Waals surface area contributed by atoms with E-state index >= 15 is 0 Å². The van der Waals surface area contributed by atoms with Crippen LogP contribution in [0.2, 0.25) is 0 Å². The second-order valence-corrected chi connectivity index (χ2v) is 12.4. The molecule has 1 aliphatic rings. The van der Waals surface area contributed by atoms with Crippen LogP contribution in [-0.2, 0) is 24.2 Å². The summed E-state index contributed by atoms with van der Waals surface area (Å²) in [6.07, 6.45) is 0.891. The number of hydrogen-bond acceptors (Lipinski definition) is 7. The molecule has 0 fully saturated rings. The summed E-state index contributed by atoms with van der Waals surface area (Å²) >= 11 is 0. The van der Waals surface area contributed by atoms with E-state index in [9.17, 15) is 0 Å². The number of methoxy groups -OCH3 is 1. The Labute approximate surface area is 237 Å². The van der Waals surface area contributed by atoms with Crippen molar-refractivity contribution in [3.05, 3.63) is 65.6 Å². The first-order valence-corrected chi connectivity index (χ1v) is 14.2. The molecule has 3 heterocycles. The average Bonchev–Trinajstić information content (AvgIpc) is 3.56. The first-order chi connectivity index (χ1) is 19.2. The van der Waals surface area contributed by atoms with Gasteiger partial charge in [0.05, 0.1) is 19.0 Å². The number of imidazole rings is 1. The van der Waals surface area contributed by atoms with Crippen LogP contribution >= 0.6 is 0 Å². The maximum atomic E-state index is 5.47. The van der Waals surface area contributed by atoms with Gasteiger partial charge in [0.15, 0.2) is 5.82 Å². The van der Waals surface area contributed by atoms with Gasteiger partial charge in [0.25, 0.3) is 0 Å². The normalized spacial score (nSPS) is 14.2. The smallest absolute Gasteiger partial charge is 0.205 e. The van der Waals surface area contributed by atoms with Gasteiger partial charge in [0.1, 0.15) is 5.82 Å². The van der Waals surface area contributed by atoms with E-state index in [1.54, 1.807) is 7.11 Å². The zero-order chi connectivity index (χ0) is 28.3. The van der Waals surface area contributed by atoms with Crippen molar-refractivity contribution in [3.8, 4) is 22.5 Å². The van der Waals surface area contributed by atoms with E-state index in [2.05, 4.69) is 112 Å². The highest BCUT2D eigenvalue weighted by atomic mass is 16.5. The lowest BCUT2D eigenvalue weighted by atomic mass is 9.92. The Morgan fingerprint density at radius 1 is 1.05 bits per heavy atom. The molecule has 0 spiro atoms. The maximum absolute atomic E-state index is 5.47. The predicted molar refractivity (Wildman–Crippen MR) is 159 cm³/mol. The summed E-state index contributed by atoms with van der Waals surface area (Å²) in [5, 5.41) is 15.1. The van der Waals surface area contributed by atoms with E-state index in [1.165, 1.54) is 11.3 Å². The Kier molecular flexibility index (Phi) is 8.32. The summed E-state index contributed by atoms with van der Waals surface area (Å²) in [7, 11) is 1.76. The third-order valence-corrected chi connectivity index (χ3v) is 7.15. The lowest BCUT2D eigenvalue weighted by molar-refractivity contribution is 0.184. The van der Waals surface area contributed by atoms with Gasteiger partial charge in [-0.2, -0.15) is 5.21 Å². The van der Waals surface area contributed by atoms with Crippen LogP contribution in [0.4, 0.5) is 5.82 Å². The van der Waals surface area contributed by atoms with Crippen molar-refractivity contribution in [1.29, 1.82) is 0 Å². The SMILES string of the molecule is COCCN1CN(CC(C)C)Cc2c1nc(CC(C)(C)C)n2Cc1ccc(-c2ccccc2)c(-c2nn[nH]n2)c1. The summed E-state index contributed by atoms with van der Waals surface area (Å²) < 4.78 is 7.92. The van der Waals surface area contributed by atoms with Crippen LogP contribution in [-0.4, -0.2) is 68.6 Å². The number of rotatable bonds is 10. The number of benzene rings is 2. The van der Waals surface area contributed by atoms with Gasteiger partial charge in [-0.05, 0) is 39.3 Å². The Morgan fingerprint density at radius 2 is 1.85 bits per heavy atom. The van der Waals surface area contributed by atoms with Crippen LogP contribution in [0.1, 0.15) is 51.7 Å². The fraction of sp³-hybridized carbons (Fsp3) is 0.484. The van der Waals surface area contributed by atoms with E-state index in [0.29, 0.717) is 18.3 Å². The van der Waals surface area contributed by atoms with Crippen molar-refractivity contribution in [2.24, 2.45) is 11.3 Å². The number of nitrogens with one attached hydrogen (secondary N) is 1. The zero-order valence-electron chi connectivity index (χ0n) is 24.7. The minimum absolute atomic E-state index is 0.105. The first kappa shape index (κ1) is 28.0. The third-order valence-electron chi connectivity index (χ3n) is 7.15. The minimum atomic E-state index is 0.105. The molecule has 0 saturated heterocycles. The lowest BCUT2D eigenvalue weighted by Gasteiger charge is -2.37. The van der Waals surface area contributed by atoms with Gasteiger partial charge >= 0.3 is 0 Å². The highest BCUT2D eigenvalue weighted by Gasteiger charge is 2.31. The quantitative estimate of drug-likeness (QED) is 0.293. The third kappa shape index (κ3) is 6.42. The fourth-order valence-corrected chi connectivity index (χ4v) is 5.52. The molecule has 2 aromatic carbocycles. The van der Waals surface area contributed by atoms with Crippen LogP contribution in [0.15, 0.2) is 48.5 Å². The minimum Gasteiger partial charge on any atom is -0.383 e. The van der Waals surface area contributed by atoms with Gasteiger partial charge in [-0.25, -0.2) is 4.98 Å². The molecule has 0 bridgehead atoms. The average molecular weight is 543 g/mol.